The van der Waals surface area contributed by atoms with Crippen molar-refractivity contribution >= 4 is 38.2 Å². The number of aromatic nitrogens is 4. The first-order valence-electron chi connectivity index (χ1n) is 12.0. The van der Waals surface area contributed by atoms with Crippen LogP contribution in [0.25, 0.3) is 27.7 Å². The highest BCUT2D eigenvalue weighted by Gasteiger charge is 2.34. The van der Waals surface area contributed by atoms with Crippen LogP contribution in [0.4, 0.5) is 4.39 Å². The van der Waals surface area contributed by atoms with Gasteiger partial charge in [0.2, 0.25) is 10.0 Å². The number of nitrogens with zero attached hydrogens (tertiary/aromatic N) is 5. The van der Waals surface area contributed by atoms with E-state index in [2.05, 4.69) is 35.2 Å². The molecule has 0 saturated carbocycles. The number of benzene rings is 1. The number of imidazole rings is 1. The van der Waals surface area contributed by atoms with Crippen molar-refractivity contribution in [2.45, 2.75) is 19.9 Å². The number of rotatable bonds is 6. The van der Waals surface area contributed by atoms with Crippen LogP contribution in [0, 0.1) is 18.7 Å². The molecule has 1 atom stereocenters. The second-order valence-electron chi connectivity index (χ2n) is 9.53. The number of aromatic amines is 1. The molecule has 4 aromatic rings. The van der Waals surface area contributed by atoms with Crippen LogP contribution in [0.3, 0.4) is 0 Å². The Hall–Kier alpha value is -4.16. The minimum atomic E-state index is -3.41. The molecular formula is C26H25FN8O2S. The van der Waals surface area contributed by atoms with E-state index < -0.39 is 15.8 Å². The first kappa shape index (κ1) is 24.2. The maximum Gasteiger partial charge on any atom is 0.209 e. The molecule has 194 valence electrons. The summed E-state index contributed by atoms with van der Waals surface area (Å²) in [4.78, 5) is 16.9. The number of pyridine rings is 1. The predicted octanol–water partition coefficient (Wildman–Crippen LogP) is 3.23. The summed E-state index contributed by atoms with van der Waals surface area (Å²) in [5, 5.41) is 5.38. The minimum absolute atomic E-state index is 0.00544. The van der Waals surface area contributed by atoms with Crippen LogP contribution >= 0.6 is 0 Å². The van der Waals surface area contributed by atoms with E-state index in [4.69, 9.17) is 0 Å². The Morgan fingerprint density at radius 1 is 1.21 bits per heavy atom. The summed E-state index contributed by atoms with van der Waals surface area (Å²) in [5.41, 5.74) is 9.30. The fourth-order valence-electron chi connectivity index (χ4n) is 4.89. The van der Waals surface area contributed by atoms with Gasteiger partial charge in [0.25, 0.3) is 0 Å². The third-order valence-electron chi connectivity index (χ3n) is 6.90. The van der Waals surface area contributed by atoms with E-state index in [0.29, 0.717) is 23.2 Å². The van der Waals surface area contributed by atoms with Crippen molar-refractivity contribution in [3.8, 4) is 11.1 Å². The molecule has 6 rings (SSSR count). The van der Waals surface area contributed by atoms with Gasteiger partial charge in [-0.15, -0.1) is 0 Å². The normalized spacial score (nSPS) is 17.2. The highest BCUT2D eigenvalue weighted by atomic mass is 32.2. The van der Waals surface area contributed by atoms with Gasteiger partial charge >= 0.3 is 0 Å². The molecule has 2 aliphatic heterocycles. The summed E-state index contributed by atoms with van der Waals surface area (Å²) in [5.74, 6) is 1.19. The van der Waals surface area contributed by atoms with Crippen molar-refractivity contribution in [1.82, 2.24) is 29.7 Å². The van der Waals surface area contributed by atoms with E-state index in [-0.39, 0.29) is 12.5 Å². The molecule has 0 amide bonds. The summed E-state index contributed by atoms with van der Waals surface area (Å²) >= 11 is 0. The van der Waals surface area contributed by atoms with E-state index in [0.717, 1.165) is 51.5 Å². The van der Waals surface area contributed by atoms with Crippen LogP contribution in [0.1, 0.15) is 29.2 Å². The third kappa shape index (κ3) is 4.41. The zero-order chi connectivity index (χ0) is 26.6. The maximum atomic E-state index is 14.5. The molecular weight excluding hydrogens is 507 g/mol. The van der Waals surface area contributed by atoms with Gasteiger partial charge in [-0.05, 0) is 65.9 Å². The number of hydrogen-bond acceptors (Lipinski definition) is 7. The first-order chi connectivity index (χ1) is 18.2. The lowest BCUT2D eigenvalue weighted by Crippen LogP contribution is -2.26. The number of H-pyrrole nitrogens is 1. The van der Waals surface area contributed by atoms with Gasteiger partial charge in [-0.1, -0.05) is 0 Å². The Bertz CT molecular complexity index is 1800. The number of hydrazone groups is 1. The topological polar surface area (TPSA) is 129 Å². The van der Waals surface area contributed by atoms with Crippen molar-refractivity contribution in [1.29, 1.82) is 0 Å². The number of halogens is 1. The maximum absolute atomic E-state index is 14.5. The lowest BCUT2D eigenvalue weighted by Gasteiger charge is -2.18. The van der Waals surface area contributed by atoms with E-state index >= 15 is 0 Å². The number of fused-ring (bicyclic) bond motifs is 2. The van der Waals surface area contributed by atoms with Crippen LogP contribution in [0.2, 0.25) is 0 Å². The molecule has 1 unspecified atom stereocenters. The molecule has 2 aliphatic rings. The molecule has 0 bridgehead atoms. The number of aryl methyl sites for hydroxylation is 1. The molecule has 38 heavy (non-hydrogen) atoms. The van der Waals surface area contributed by atoms with Gasteiger partial charge in [0, 0.05) is 31.4 Å². The van der Waals surface area contributed by atoms with Crippen molar-refractivity contribution in [2.24, 2.45) is 23.1 Å². The predicted molar refractivity (Wildman–Crippen MR) is 144 cm³/mol. The quantitative estimate of drug-likeness (QED) is 0.351. The van der Waals surface area contributed by atoms with E-state index in [1.54, 1.807) is 12.3 Å². The standard InChI is InChI=1S/C26H25FN8O2S/c1-14-29-13-23(35(14)2)17-9-21-24(33-34-26(21)30-12-17)22-10-20-19(4-5-28-25(20)32-22)16-6-15(7-18(27)8-16)11-31-38(3,36)37/h4-8,10,12-13,21,31H,9,11H2,1-3H3,(H,28,32)(H,30,34). The van der Waals surface area contributed by atoms with Crippen LogP contribution in [0.5, 0.6) is 0 Å². The summed E-state index contributed by atoms with van der Waals surface area (Å²) in [6.07, 6.45) is 7.16. The van der Waals surface area contributed by atoms with Gasteiger partial charge in [0.1, 0.15) is 23.1 Å². The largest absolute Gasteiger partial charge is 0.338 e. The highest BCUT2D eigenvalue weighted by Crippen LogP contribution is 2.34. The average molecular weight is 533 g/mol. The number of amidine groups is 1. The number of aliphatic imine (C=N–C) groups is 1. The van der Waals surface area contributed by atoms with Gasteiger partial charge in [-0.2, -0.15) is 5.10 Å². The van der Waals surface area contributed by atoms with E-state index in [1.165, 1.54) is 12.1 Å². The second kappa shape index (κ2) is 8.99. The summed E-state index contributed by atoms with van der Waals surface area (Å²) in [6.45, 7) is 1.96. The summed E-state index contributed by atoms with van der Waals surface area (Å²) < 4.78 is 42.0. The number of allylic oxidation sites excluding steroid dienone is 1. The SMILES string of the molecule is Cc1ncc(C2=CN=C3NN=C(c4cc5c(-c6cc(F)cc(CNS(C)(=O)=O)c6)ccnc5[nH]4)C3C2)n1C. The Morgan fingerprint density at radius 2 is 2.05 bits per heavy atom. The van der Waals surface area contributed by atoms with Crippen molar-refractivity contribution in [3.63, 3.8) is 0 Å². The number of sulfonamides is 1. The van der Waals surface area contributed by atoms with Gasteiger partial charge in [-0.3, -0.25) is 5.43 Å². The lowest BCUT2D eigenvalue weighted by atomic mass is 9.90. The van der Waals surface area contributed by atoms with Gasteiger partial charge in [-0.25, -0.2) is 32.5 Å². The average Bonchev–Trinajstić information content (AvgIpc) is 3.58. The summed E-state index contributed by atoms with van der Waals surface area (Å²) in [7, 11) is -1.43. The first-order valence-corrected chi connectivity index (χ1v) is 13.9. The number of hydrogen-bond donors (Lipinski definition) is 3. The number of nitrogens with one attached hydrogen (secondary N) is 3. The lowest BCUT2D eigenvalue weighted by molar-refractivity contribution is 0.586. The molecule has 0 spiro atoms. The minimum Gasteiger partial charge on any atom is -0.338 e. The van der Waals surface area contributed by atoms with Crippen molar-refractivity contribution in [3.05, 3.63) is 77.5 Å². The van der Waals surface area contributed by atoms with Crippen LogP contribution in [-0.4, -0.2) is 45.7 Å². The Labute approximate surface area is 218 Å². The molecule has 3 aromatic heterocycles. The third-order valence-corrected chi connectivity index (χ3v) is 7.57. The highest BCUT2D eigenvalue weighted by molar-refractivity contribution is 7.88. The summed E-state index contributed by atoms with van der Waals surface area (Å²) in [6, 6.07) is 8.30. The zero-order valence-corrected chi connectivity index (χ0v) is 21.8. The van der Waals surface area contributed by atoms with Crippen LogP contribution in [-0.2, 0) is 23.6 Å². The monoisotopic (exact) mass is 532 g/mol. The Balaban J connectivity index is 1.34. The molecule has 3 N–H and O–H groups in total. The second-order valence-corrected chi connectivity index (χ2v) is 11.4. The smallest absolute Gasteiger partial charge is 0.209 e. The Morgan fingerprint density at radius 3 is 2.82 bits per heavy atom. The molecule has 1 aromatic carbocycles. The van der Waals surface area contributed by atoms with E-state index in [1.807, 2.05) is 43.1 Å². The van der Waals surface area contributed by atoms with Crippen molar-refractivity contribution in [2.75, 3.05) is 6.26 Å². The molecule has 0 fully saturated rings. The molecule has 10 nitrogen and oxygen atoms in total. The van der Waals surface area contributed by atoms with Crippen molar-refractivity contribution < 1.29 is 12.8 Å². The van der Waals surface area contributed by atoms with Crippen LogP contribution < -0.4 is 10.1 Å². The molecule has 5 heterocycles. The van der Waals surface area contributed by atoms with Crippen LogP contribution in [0.15, 0.2) is 59.0 Å². The van der Waals surface area contributed by atoms with Gasteiger partial charge in [0.05, 0.1) is 35.5 Å². The molecule has 0 aliphatic carbocycles. The fourth-order valence-corrected chi connectivity index (χ4v) is 5.32. The molecule has 12 heteroatoms. The van der Waals surface area contributed by atoms with E-state index in [9.17, 15) is 12.8 Å². The molecule has 0 saturated heterocycles. The fraction of sp³-hybridized carbons (Fsp3) is 0.231. The van der Waals surface area contributed by atoms with Gasteiger partial charge < -0.3 is 9.55 Å². The van der Waals surface area contributed by atoms with Gasteiger partial charge in [0.15, 0.2) is 0 Å². The zero-order valence-electron chi connectivity index (χ0n) is 20.9. The molecule has 0 radical (unpaired) electrons. The Kier molecular flexibility index (Phi) is 5.73.